The molecule has 1 aliphatic rings. The molecule has 4 heteroatoms. The molecule has 1 atom stereocenters. The monoisotopic (exact) mass is 234 g/mol. The molecule has 0 spiro atoms. The Bertz CT molecular complexity index is 406. The summed E-state index contributed by atoms with van der Waals surface area (Å²) in [5.74, 6) is 0.398. The van der Waals surface area contributed by atoms with Crippen LogP contribution in [0.15, 0.2) is 24.3 Å². The highest BCUT2D eigenvalue weighted by molar-refractivity contribution is 5.76. The Balaban J connectivity index is 2.00. The molecule has 1 aliphatic heterocycles. The average Bonchev–Trinajstić information content (AvgIpc) is 2.32. The van der Waals surface area contributed by atoms with Crippen molar-refractivity contribution >= 4 is 5.91 Å². The number of phenols is 1. The van der Waals surface area contributed by atoms with Crippen molar-refractivity contribution in [3.8, 4) is 5.75 Å². The van der Waals surface area contributed by atoms with Crippen molar-refractivity contribution in [1.82, 2.24) is 4.90 Å². The van der Waals surface area contributed by atoms with E-state index in [0.717, 1.165) is 24.9 Å². The Morgan fingerprint density at radius 2 is 2.24 bits per heavy atom. The summed E-state index contributed by atoms with van der Waals surface area (Å²) in [7, 11) is 0. The van der Waals surface area contributed by atoms with Crippen LogP contribution < -0.4 is 5.73 Å². The molecule has 3 N–H and O–H groups in total. The van der Waals surface area contributed by atoms with E-state index in [4.69, 9.17) is 5.73 Å². The number of hydrogen-bond acceptors (Lipinski definition) is 3. The van der Waals surface area contributed by atoms with E-state index in [1.54, 1.807) is 18.2 Å². The van der Waals surface area contributed by atoms with Crippen molar-refractivity contribution in [3.63, 3.8) is 0 Å². The van der Waals surface area contributed by atoms with Gasteiger partial charge in [-0.05, 0) is 30.5 Å². The average molecular weight is 234 g/mol. The SMILES string of the molecule is NC(CN1CCCCC1=O)c1cccc(O)c1. The first-order chi connectivity index (χ1) is 8.16. The summed E-state index contributed by atoms with van der Waals surface area (Å²) in [6.07, 6.45) is 2.67. The number of nitrogens with zero attached hydrogens (tertiary/aromatic N) is 1. The number of rotatable bonds is 3. The summed E-state index contributed by atoms with van der Waals surface area (Å²) in [5.41, 5.74) is 6.92. The number of likely N-dealkylation sites (tertiary alicyclic amines) is 1. The molecule has 2 rings (SSSR count). The molecule has 0 aromatic heterocycles. The molecular formula is C13H18N2O2. The van der Waals surface area contributed by atoms with Gasteiger partial charge in [0.15, 0.2) is 0 Å². The number of nitrogens with two attached hydrogens (primary N) is 1. The molecular weight excluding hydrogens is 216 g/mol. The Kier molecular flexibility index (Phi) is 3.64. The van der Waals surface area contributed by atoms with Crippen molar-refractivity contribution in [2.24, 2.45) is 5.73 Å². The number of phenolic OH excluding ortho intramolecular Hbond substituents is 1. The molecule has 92 valence electrons. The molecule has 1 aromatic carbocycles. The molecule has 1 fully saturated rings. The van der Waals surface area contributed by atoms with Gasteiger partial charge in [-0.2, -0.15) is 0 Å². The third-order valence-electron chi connectivity index (χ3n) is 3.14. The van der Waals surface area contributed by atoms with Gasteiger partial charge in [0.2, 0.25) is 5.91 Å². The highest BCUT2D eigenvalue weighted by Gasteiger charge is 2.20. The molecule has 17 heavy (non-hydrogen) atoms. The Labute approximate surface area is 101 Å². The summed E-state index contributed by atoms with van der Waals surface area (Å²) < 4.78 is 0. The molecule has 0 saturated carbocycles. The maximum Gasteiger partial charge on any atom is 0.222 e. The van der Waals surface area contributed by atoms with Gasteiger partial charge in [0.25, 0.3) is 0 Å². The van der Waals surface area contributed by atoms with E-state index in [9.17, 15) is 9.90 Å². The van der Waals surface area contributed by atoms with Crippen LogP contribution in [0.4, 0.5) is 0 Å². The minimum absolute atomic E-state index is 0.187. The standard InChI is InChI=1S/C13H18N2O2/c14-12(10-4-3-5-11(16)8-10)9-15-7-2-1-6-13(15)17/h3-5,8,12,16H,1-2,6-7,9,14H2. The smallest absolute Gasteiger partial charge is 0.222 e. The molecule has 0 radical (unpaired) electrons. The van der Waals surface area contributed by atoms with Crippen LogP contribution >= 0.6 is 0 Å². The van der Waals surface area contributed by atoms with E-state index >= 15 is 0 Å². The minimum atomic E-state index is -0.232. The van der Waals surface area contributed by atoms with E-state index in [1.165, 1.54) is 0 Å². The van der Waals surface area contributed by atoms with Crippen molar-refractivity contribution in [3.05, 3.63) is 29.8 Å². The van der Waals surface area contributed by atoms with Crippen LogP contribution in [0.25, 0.3) is 0 Å². The van der Waals surface area contributed by atoms with Gasteiger partial charge in [-0.1, -0.05) is 12.1 Å². The van der Waals surface area contributed by atoms with E-state index in [1.807, 2.05) is 11.0 Å². The largest absolute Gasteiger partial charge is 0.508 e. The number of carbonyl (C=O) groups excluding carboxylic acids is 1. The lowest BCUT2D eigenvalue weighted by Crippen LogP contribution is -2.40. The topological polar surface area (TPSA) is 66.6 Å². The predicted molar refractivity (Wildman–Crippen MR) is 65.5 cm³/mol. The zero-order chi connectivity index (χ0) is 12.3. The molecule has 0 aliphatic carbocycles. The van der Waals surface area contributed by atoms with Crippen molar-refractivity contribution in [2.45, 2.75) is 25.3 Å². The van der Waals surface area contributed by atoms with Crippen LogP contribution in [0.1, 0.15) is 30.9 Å². The van der Waals surface area contributed by atoms with E-state index in [0.29, 0.717) is 13.0 Å². The van der Waals surface area contributed by atoms with Crippen LogP contribution in [0.2, 0.25) is 0 Å². The second kappa shape index (κ2) is 5.19. The Morgan fingerprint density at radius 3 is 2.94 bits per heavy atom. The van der Waals surface area contributed by atoms with Crippen LogP contribution in [-0.4, -0.2) is 29.0 Å². The zero-order valence-electron chi connectivity index (χ0n) is 9.80. The van der Waals surface area contributed by atoms with Gasteiger partial charge in [0.05, 0.1) is 0 Å². The number of piperidine rings is 1. The predicted octanol–water partition coefficient (Wildman–Crippen LogP) is 1.40. The number of hydrogen-bond donors (Lipinski definition) is 2. The lowest BCUT2D eigenvalue weighted by Gasteiger charge is -2.29. The quantitative estimate of drug-likeness (QED) is 0.830. The normalized spacial score (nSPS) is 18.2. The second-order valence-corrected chi connectivity index (χ2v) is 4.50. The Morgan fingerprint density at radius 1 is 1.41 bits per heavy atom. The van der Waals surface area contributed by atoms with E-state index in [2.05, 4.69) is 0 Å². The van der Waals surface area contributed by atoms with Gasteiger partial charge in [-0.3, -0.25) is 4.79 Å². The van der Waals surface area contributed by atoms with E-state index < -0.39 is 0 Å². The van der Waals surface area contributed by atoms with Gasteiger partial charge in [0, 0.05) is 25.6 Å². The van der Waals surface area contributed by atoms with Crippen LogP contribution in [-0.2, 0) is 4.79 Å². The van der Waals surface area contributed by atoms with Gasteiger partial charge >= 0.3 is 0 Å². The lowest BCUT2D eigenvalue weighted by atomic mass is 10.0. The fraction of sp³-hybridized carbons (Fsp3) is 0.462. The Hall–Kier alpha value is -1.55. The summed E-state index contributed by atoms with van der Waals surface area (Å²) in [5, 5.41) is 9.38. The molecule has 1 saturated heterocycles. The van der Waals surface area contributed by atoms with Crippen molar-refractivity contribution in [2.75, 3.05) is 13.1 Å². The van der Waals surface area contributed by atoms with Gasteiger partial charge in [-0.25, -0.2) is 0 Å². The molecule has 1 amide bonds. The zero-order valence-corrected chi connectivity index (χ0v) is 9.80. The first kappa shape index (κ1) is 11.9. The maximum atomic E-state index is 11.6. The van der Waals surface area contributed by atoms with Gasteiger partial charge in [0.1, 0.15) is 5.75 Å². The molecule has 4 nitrogen and oxygen atoms in total. The molecule has 0 bridgehead atoms. The van der Waals surface area contributed by atoms with Crippen molar-refractivity contribution in [1.29, 1.82) is 0 Å². The lowest BCUT2D eigenvalue weighted by molar-refractivity contribution is -0.133. The third-order valence-corrected chi connectivity index (χ3v) is 3.14. The number of carbonyl (C=O) groups is 1. The first-order valence-electron chi connectivity index (χ1n) is 5.99. The number of benzene rings is 1. The van der Waals surface area contributed by atoms with E-state index in [-0.39, 0.29) is 17.7 Å². The van der Waals surface area contributed by atoms with Crippen LogP contribution in [0.5, 0.6) is 5.75 Å². The summed E-state index contributed by atoms with van der Waals surface area (Å²) in [6, 6.07) is 6.67. The molecule has 1 aromatic rings. The number of aromatic hydroxyl groups is 1. The minimum Gasteiger partial charge on any atom is -0.508 e. The summed E-state index contributed by atoms with van der Waals surface area (Å²) in [4.78, 5) is 13.5. The second-order valence-electron chi connectivity index (χ2n) is 4.50. The first-order valence-corrected chi connectivity index (χ1v) is 5.99. The van der Waals surface area contributed by atoms with Gasteiger partial charge < -0.3 is 15.7 Å². The maximum absolute atomic E-state index is 11.6. The highest BCUT2D eigenvalue weighted by atomic mass is 16.3. The summed E-state index contributed by atoms with van der Waals surface area (Å²) in [6.45, 7) is 1.33. The van der Waals surface area contributed by atoms with Crippen molar-refractivity contribution < 1.29 is 9.90 Å². The summed E-state index contributed by atoms with van der Waals surface area (Å²) >= 11 is 0. The highest BCUT2D eigenvalue weighted by Crippen LogP contribution is 2.19. The molecule has 1 unspecified atom stereocenters. The van der Waals surface area contributed by atoms with Crippen LogP contribution in [0.3, 0.4) is 0 Å². The van der Waals surface area contributed by atoms with Gasteiger partial charge in [-0.15, -0.1) is 0 Å². The molecule has 1 heterocycles. The fourth-order valence-corrected chi connectivity index (χ4v) is 2.15. The third kappa shape index (κ3) is 2.97. The fourth-order valence-electron chi connectivity index (χ4n) is 2.15. The van der Waals surface area contributed by atoms with Crippen LogP contribution in [0, 0.1) is 0 Å². The number of amides is 1.